The number of amides is 1. The molecule has 1 aromatic carbocycles. The maximum Gasteiger partial charge on any atom is 0.419 e. The van der Waals surface area contributed by atoms with Crippen molar-refractivity contribution in [1.82, 2.24) is 19.4 Å². The van der Waals surface area contributed by atoms with Crippen molar-refractivity contribution >= 4 is 28.9 Å². The fourth-order valence-corrected chi connectivity index (χ4v) is 3.75. The second kappa shape index (κ2) is 9.63. The quantitative estimate of drug-likeness (QED) is 0.509. The van der Waals surface area contributed by atoms with Gasteiger partial charge in [0.2, 0.25) is 5.95 Å². The number of esters is 1. The number of hydrogen-bond donors (Lipinski definition) is 0. The molecular weight excluding hydrogens is 414 g/mol. The number of oxazole rings is 1. The van der Waals surface area contributed by atoms with Gasteiger partial charge in [-0.1, -0.05) is 12.1 Å². The van der Waals surface area contributed by atoms with Crippen LogP contribution >= 0.6 is 0 Å². The number of hydrogen-bond acceptors (Lipinski definition) is 8. The number of aryl methyl sites for hydroxylation is 1. The molecule has 3 aromatic rings. The highest BCUT2D eigenvalue weighted by atomic mass is 16.5. The lowest BCUT2D eigenvalue weighted by molar-refractivity contribution is -0.159. The molecule has 1 aliphatic heterocycles. The SMILES string of the molecule is CC(OC(=O)CCCn1c(=O)oc2ccccc21)C(=O)N1CCN(c2ncccn2)CC1. The summed E-state index contributed by atoms with van der Waals surface area (Å²) in [5.74, 6) is -0.501. The summed E-state index contributed by atoms with van der Waals surface area (Å²) in [5, 5.41) is 0. The van der Waals surface area contributed by atoms with Gasteiger partial charge in [0.25, 0.3) is 5.91 Å². The van der Waals surface area contributed by atoms with Gasteiger partial charge in [-0.05, 0) is 31.5 Å². The van der Waals surface area contributed by atoms with Crippen LogP contribution in [0, 0.1) is 0 Å². The molecule has 0 aliphatic carbocycles. The molecule has 1 amide bonds. The predicted molar refractivity (Wildman–Crippen MR) is 116 cm³/mol. The number of aromatic nitrogens is 3. The molecule has 168 valence electrons. The zero-order valence-electron chi connectivity index (χ0n) is 17.8. The molecule has 2 aromatic heterocycles. The average Bonchev–Trinajstić information content (AvgIpc) is 3.14. The Hall–Kier alpha value is -3.69. The number of benzene rings is 1. The number of piperazine rings is 1. The first-order valence-electron chi connectivity index (χ1n) is 10.6. The number of ether oxygens (including phenoxy) is 1. The molecule has 1 unspecified atom stereocenters. The van der Waals surface area contributed by atoms with Gasteiger partial charge in [0.15, 0.2) is 11.7 Å². The monoisotopic (exact) mass is 439 g/mol. The lowest BCUT2D eigenvalue weighted by atomic mass is 10.2. The van der Waals surface area contributed by atoms with Crippen molar-refractivity contribution in [2.45, 2.75) is 32.4 Å². The van der Waals surface area contributed by atoms with E-state index in [1.807, 2.05) is 11.0 Å². The first-order valence-corrected chi connectivity index (χ1v) is 10.6. The van der Waals surface area contributed by atoms with E-state index < -0.39 is 17.8 Å². The van der Waals surface area contributed by atoms with Crippen LogP contribution in [0.5, 0.6) is 0 Å². The van der Waals surface area contributed by atoms with Gasteiger partial charge in [-0.25, -0.2) is 14.8 Å². The zero-order valence-corrected chi connectivity index (χ0v) is 17.8. The standard InChI is InChI=1S/C22H25N5O5/c1-16(20(29)25-12-14-26(15-13-25)21-23-9-5-10-24-21)31-19(28)8-4-11-27-17-6-2-3-7-18(17)32-22(27)30/h2-3,5-7,9-10,16H,4,8,11-15H2,1H3. The molecule has 1 saturated heterocycles. The Kier molecular flexibility index (Phi) is 6.48. The highest BCUT2D eigenvalue weighted by molar-refractivity contribution is 5.83. The summed E-state index contributed by atoms with van der Waals surface area (Å²) < 4.78 is 12.0. The van der Waals surface area contributed by atoms with Crippen molar-refractivity contribution < 1.29 is 18.7 Å². The molecule has 0 saturated carbocycles. The lowest BCUT2D eigenvalue weighted by Crippen LogP contribution is -2.52. The van der Waals surface area contributed by atoms with Gasteiger partial charge in [0.05, 0.1) is 5.52 Å². The van der Waals surface area contributed by atoms with Crippen molar-refractivity contribution in [3.05, 3.63) is 53.3 Å². The fraction of sp³-hybridized carbons (Fsp3) is 0.409. The Morgan fingerprint density at radius 3 is 2.56 bits per heavy atom. The summed E-state index contributed by atoms with van der Waals surface area (Å²) in [4.78, 5) is 49.1. The number of carbonyl (C=O) groups is 2. The smallest absolute Gasteiger partial charge is 0.419 e. The van der Waals surface area contributed by atoms with Crippen LogP contribution in [0.2, 0.25) is 0 Å². The Morgan fingerprint density at radius 1 is 1.09 bits per heavy atom. The van der Waals surface area contributed by atoms with E-state index >= 15 is 0 Å². The second-order valence-electron chi connectivity index (χ2n) is 7.58. The van der Waals surface area contributed by atoms with Crippen molar-refractivity contribution in [3.63, 3.8) is 0 Å². The lowest BCUT2D eigenvalue weighted by Gasteiger charge is -2.35. The predicted octanol–water partition coefficient (Wildman–Crippen LogP) is 1.45. The van der Waals surface area contributed by atoms with Gasteiger partial charge in [-0.15, -0.1) is 0 Å². The Bertz CT molecular complexity index is 1130. The summed E-state index contributed by atoms with van der Waals surface area (Å²) in [6, 6.07) is 8.89. The van der Waals surface area contributed by atoms with Crippen molar-refractivity contribution in [1.29, 1.82) is 0 Å². The summed E-state index contributed by atoms with van der Waals surface area (Å²) >= 11 is 0. The maximum atomic E-state index is 12.7. The van der Waals surface area contributed by atoms with Crippen LogP contribution in [0.15, 0.2) is 51.9 Å². The minimum absolute atomic E-state index is 0.0999. The molecule has 32 heavy (non-hydrogen) atoms. The molecule has 0 N–H and O–H groups in total. The molecule has 1 atom stereocenters. The summed E-state index contributed by atoms with van der Waals surface area (Å²) in [6.45, 7) is 4.16. The van der Waals surface area contributed by atoms with Crippen LogP contribution in [-0.2, 0) is 20.9 Å². The van der Waals surface area contributed by atoms with Gasteiger partial charge in [0, 0.05) is 51.5 Å². The zero-order chi connectivity index (χ0) is 22.5. The van der Waals surface area contributed by atoms with Crippen LogP contribution in [0.3, 0.4) is 0 Å². The first-order chi connectivity index (χ1) is 15.5. The largest absolute Gasteiger partial charge is 0.453 e. The highest BCUT2D eigenvalue weighted by Crippen LogP contribution is 2.14. The number of nitrogens with zero attached hydrogens (tertiary/aromatic N) is 5. The van der Waals surface area contributed by atoms with E-state index in [9.17, 15) is 14.4 Å². The van der Waals surface area contributed by atoms with Gasteiger partial charge < -0.3 is 19.0 Å². The number of rotatable bonds is 7. The molecule has 4 rings (SSSR count). The Labute approximate surface area is 184 Å². The minimum Gasteiger partial charge on any atom is -0.453 e. The van der Waals surface area contributed by atoms with E-state index in [0.29, 0.717) is 56.2 Å². The van der Waals surface area contributed by atoms with Gasteiger partial charge in [-0.3, -0.25) is 14.2 Å². The summed E-state index contributed by atoms with van der Waals surface area (Å²) in [5.41, 5.74) is 1.20. The number of carbonyl (C=O) groups excluding carboxylic acids is 2. The van der Waals surface area contributed by atoms with Gasteiger partial charge in [-0.2, -0.15) is 0 Å². The number of para-hydroxylation sites is 2. The topological polar surface area (TPSA) is 111 Å². The third kappa shape index (κ3) is 4.79. The van der Waals surface area contributed by atoms with Gasteiger partial charge in [0.1, 0.15) is 0 Å². The third-order valence-corrected chi connectivity index (χ3v) is 5.42. The summed E-state index contributed by atoms with van der Waals surface area (Å²) in [6.07, 6.45) is 3.01. The Balaban J connectivity index is 1.22. The van der Waals surface area contributed by atoms with E-state index in [0.717, 1.165) is 0 Å². The van der Waals surface area contributed by atoms with E-state index in [4.69, 9.17) is 9.15 Å². The number of fused-ring (bicyclic) bond motifs is 1. The first kappa shape index (κ1) is 21.5. The molecule has 3 heterocycles. The molecule has 0 bridgehead atoms. The van der Waals surface area contributed by atoms with E-state index in [1.165, 1.54) is 4.57 Å². The molecule has 0 radical (unpaired) electrons. The van der Waals surface area contributed by atoms with Crippen molar-refractivity contribution in [3.8, 4) is 0 Å². The van der Waals surface area contributed by atoms with E-state index in [1.54, 1.807) is 48.5 Å². The third-order valence-electron chi connectivity index (χ3n) is 5.42. The molecule has 10 heteroatoms. The highest BCUT2D eigenvalue weighted by Gasteiger charge is 2.27. The molecule has 10 nitrogen and oxygen atoms in total. The molecule has 1 fully saturated rings. The van der Waals surface area contributed by atoms with Crippen LogP contribution in [0.25, 0.3) is 11.1 Å². The van der Waals surface area contributed by atoms with E-state index in [-0.39, 0.29) is 12.3 Å². The maximum absolute atomic E-state index is 12.7. The molecule has 1 aliphatic rings. The number of anilines is 1. The van der Waals surface area contributed by atoms with Crippen LogP contribution in [0.1, 0.15) is 19.8 Å². The minimum atomic E-state index is -0.862. The Morgan fingerprint density at radius 2 is 1.81 bits per heavy atom. The van der Waals surface area contributed by atoms with Crippen LogP contribution < -0.4 is 10.7 Å². The van der Waals surface area contributed by atoms with Crippen LogP contribution in [-0.4, -0.2) is 63.6 Å². The van der Waals surface area contributed by atoms with Crippen molar-refractivity contribution in [2.75, 3.05) is 31.1 Å². The average molecular weight is 439 g/mol. The van der Waals surface area contributed by atoms with Crippen molar-refractivity contribution in [2.24, 2.45) is 0 Å². The fourth-order valence-electron chi connectivity index (χ4n) is 3.75. The van der Waals surface area contributed by atoms with Gasteiger partial charge >= 0.3 is 11.7 Å². The van der Waals surface area contributed by atoms with Crippen LogP contribution in [0.4, 0.5) is 5.95 Å². The van der Waals surface area contributed by atoms with E-state index in [2.05, 4.69) is 9.97 Å². The normalized spacial score (nSPS) is 15.0. The molecular formula is C22H25N5O5. The second-order valence-corrected chi connectivity index (χ2v) is 7.58. The summed E-state index contributed by atoms with van der Waals surface area (Å²) in [7, 11) is 0. The molecule has 0 spiro atoms.